The minimum absolute atomic E-state index is 0.182. The van der Waals surface area contributed by atoms with Gasteiger partial charge in [-0.25, -0.2) is 9.97 Å². The number of phenols is 1. The van der Waals surface area contributed by atoms with Gasteiger partial charge in [0.2, 0.25) is 0 Å². The van der Waals surface area contributed by atoms with Gasteiger partial charge in [-0.15, -0.1) is 0 Å². The number of para-hydroxylation sites is 1. The van der Waals surface area contributed by atoms with E-state index in [1.54, 1.807) is 13.2 Å². The molecule has 0 radical (unpaired) electrons. The van der Waals surface area contributed by atoms with E-state index < -0.39 is 0 Å². The molecule has 0 saturated carbocycles. The second kappa shape index (κ2) is 8.88. The fourth-order valence-electron chi connectivity index (χ4n) is 5.80. The molecule has 5 aromatic rings. The second-order valence-electron chi connectivity index (χ2n) is 10.7. The molecular formula is C33H31N3O2. The number of anilines is 3. The van der Waals surface area contributed by atoms with Crippen molar-refractivity contribution < 1.29 is 9.84 Å². The van der Waals surface area contributed by atoms with E-state index in [1.165, 1.54) is 11.1 Å². The van der Waals surface area contributed by atoms with Crippen LogP contribution >= 0.6 is 0 Å². The van der Waals surface area contributed by atoms with Crippen molar-refractivity contribution in [2.75, 3.05) is 12.0 Å². The molecule has 0 spiro atoms. The van der Waals surface area contributed by atoms with Gasteiger partial charge in [-0.05, 0) is 59.5 Å². The van der Waals surface area contributed by atoms with Crippen molar-refractivity contribution in [2.45, 2.75) is 39.0 Å². The normalized spacial score (nSPS) is 13.9. The number of hydrogen-bond acceptors (Lipinski definition) is 5. The van der Waals surface area contributed by atoms with Gasteiger partial charge >= 0.3 is 0 Å². The van der Waals surface area contributed by atoms with Crippen molar-refractivity contribution in [3.8, 4) is 22.8 Å². The molecule has 1 aliphatic heterocycles. The first-order valence-electron chi connectivity index (χ1n) is 13.0. The molecule has 0 unspecified atom stereocenters. The van der Waals surface area contributed by atoms with Gasteiger partial charge in [0.05, 0.1) is 24.2 Å². The third-order valence-electron chi connectivity index (χ3n) is 7.65. The standard InChI is InChI=1S/C33H31N3O2/c1-20(2)22-14-16-28(37)32-23(22)13-15-25(35-32)21-18-27-31(29(19-21)38-5)33(3,4)24-10-6-7-11-26(24)36(27)30-12-8-9-17-34-30/h6-20,37H,1-5H3. The highest BCUT2D eigenvalue weighted by molar-refractivity contribution is 5.92. The highest BCUT2D eigenvalue weighted by Gasteiger charge is 2.40. The smallest absolute Gasteiger partial charge is 0.141 e. The maximum absolute atomic E-state index is 10.7. The van der Waals surface area contributed by atoms with Crippen LogP contribution < -0.4 is 9.64 Å². The molecule has 3 aromatic carbocycles. The van der Waals surface area contributed by atoms with Crippen molar-refractivity contribution in [1.82, 2.24) is 9.97 Å². The van der Waals surface area contributed by atoms with Crippen LogP contribution in [0.5, 0.6) is 11.5 Å². The highest BCUT2D eigenvalue weighted by Crippen LogP contribution is 2.55. The Balaban J connectivity index is 1.63. The van der Waals surface area contributed by atoms with E-state index in [1.807, 2.05) is 36.5 Å². The Kier molecular flexibility index (Phi) is 5.60. The summed E-state index contributed by atoms with van der Waals surface area (Å²) >= 11 is 0. The molecule has 0 atom stereocenters. The van der Waals surface area contributed by atoms with Crippen LogP contribution in [0.15, 0.2) is 85.1 Å². The molecule has 1 N–H and O–H groups in total. The van der Waals surface area contributed by atoms with E-state index in [2.05, 4.69) is 75.1 Å². The fourth-order valence-corrected chi connectivity index (χ4v) is 5.80. The van der Waals surface area contributed by atoms with Gasteiger partial charge in [0, 0.05) is 28.1 Å². The Bertz CT molecular complexity index is 1680. The van der Waals surface area contributed by atoms with E-state index in [4.69, 9.17) is 14.7 Å². The summed E-state index contributed by atoms with van der Waals surface area (Å²) in [5.41, 5.74) is 7.55. The van der Waals surface area contributed by atoms with Gasteiger partial charge in [-0.2, -0.15) is 0 Å². The van der Waals surface area contributed by atoms with Crippen LogP contribution in [0.1, 0.15) is 50.3 Å². The Labute approximate surface area is 223 Å². The van der Waals surface area contributed by atoms with Crippen molar-refractivity contribution in [3.63, 3.8) is 0 Å². The Morgan fingerprint density at radius 2 is 1.68 bits per heavy atom. The number of hydrogen-bond donors (Lipinski definition) is 1. The SMILES string of the molecule is COc1cc(-c2ccc3c(C(C)C)ccc(O)c3n2)cc2c1C(C)(C)c1ccccc1N2c1ccccn1. The van der Waals surface area contributed by atoms with Gasteiger partial charge in [-0.1, -0.05) is 64.1 Å². The zero-order chi connectivity index (χ0) is 26.6. The molecule has 0 bridgehead atoms. The van der Waals surface area contributed by atoms with Crippen LogP contribution in [-0.4, -0.2) is 22.2 Å². The number of aromatic hydroxyl groups is 1. The van der Waals surface area contributed by atoms with Gasteiger partial charge in [0.25, 0.3) is 0 Å². The summed E-state index contributed by atoms with van der Waals surface area (Å²) in [5, 5.41) is 11.7. The van der Waals surface area contributed by atoms with E-state index in [-0.39, 0.29) is 11.2 Å². The molecule has 6 rings (SSSR count). The quantitative estimate of drug-likeness (QED) is 0.269. The summed E-state index contributed by atoms with van der Waals surface area (Å²) in [6.45, 7) is 8.78. The van der Waals surface area contributed by atoms with Crippen molar-refractivity contribution in [3.05, 3.63) is 102 Å². The first-order chi connectivity index (χ1) is 18.3. The topological polar surface area (TPSA) is 58.5 Å². The molecule has 38 heavy (non-hydrogen) atoms. The fraction of sp³-hybridized carbons (Fsp3) is 0.212. The van der Waals surface area contributed by atoms with Crippen molar-refractivity contribution in [2.24, 2.45) is 0 Å². The van der Waals surface area contributed by atoms with Crippen LogP contribution in [0.3, 0.4) is 0 Å². The first-order valence-corrected chi connectivity index (χ1v) is 13.0. The maximum atomic E-state index is 10.7. The number of rotatable bonds is 4. The molecule has 5 heteroatoms. The van der Waals surface area contributed by atoms with Crippen molar-refractivity contribution in [1.29, 1.82) is 0 Å². The number of phenolic OH excluding ortho intramolecular Hbond substituents is 1. The first kappa shape index (κ1) is 24.0. The number of ether oxygens (including phenoxy) is 1. The number of fused-ring (bicyclic) bond motifs is 3. The van der Waals surface area contributed by atoms with Crippen molar-refractivity contribution >= 4 is 28.1 Å². The molecule has 0 amide bonds. The molecule has 0 aliphatic carbocycles. The molecule has 5 nitrogen and oxygen atoms in total. The third-order valence-corrected chi connectivity index (χ3v) is 7.65. The molecular weight excluding hydrogens is 470 g/mol. The summed E-state index contributed by atoms with van der Waals surface area (Å²) in [4.78, 5) is 11.9. The van der Waals surface area contributed by atoms with Crippen LogP contribution in [-0.2, 0) is 5.41 Å². The van der Waals surface area contributed by atoms with Crippen LogP contribution in [0, 0.1) is 0 Å². The minimum Gasteiger partial charge on any atom is -0.506 e. The van der Waals surface area contributed by atoms with Crippen LogP contribution in [0.25, 0.3) is 22.2 Å². The predicted molar refractivity (Wildman–Crippen MR) is 154 cm³/mol. The Morgan fingerprint density at radius 3 is 2.42 bits per heavy atom. The molecule has 190 valence electrons. The number of methoxy groups -OCH3 is 1. The van der Waals surface area contributed by atoms with Crippen LogP contribution in [0.4, 0.5) is 17.2 Å². The Hall–Kier alpha value is -4.38. The highest BCUT2D eigenvalue weighted by atomic mass is 16.5. The summed E-state index contributed by atoms with van der Waals surface area (Å²) in [5.74, 6) is 2.13. The number of aromatic nitrogens is 2. The number of pyridine rings is 2. The average molecular weight is 502 g/mol. The maximum Gasteiger partial charge on any atom is 0.141 e. The largest absolute Gasteiger partial charge is 0.506 e. The van der Waals surface area contributed by atoms with Gasteiger partial charge in [-0.3, -0.25) is 4.90 Å². The molecule has 1 aliphatic rings. The lowest BCUT2D eigenvalue weighted by Crippen LogP contribution is -2.31. The predicted octanol–water partition coefficient (Wildman–Crippen LogP) is 8.24. The number of nitrogens with zero attached hydrogens (tertiary/aromatic N) is 3. The summed E-state index contributed by atoms with van der Waals surface area (Å²) in [7, 11) is 1.72. The lowest BCUT2D eigenvalue weighted by molar-refractivity contribution is 0.400. The van der Waals surface area contributed by atoms with Crippen LogP contribution in [0.2, 0.25) is 0 Å². The lowest BCUT2D eigenvalue weighted by Gasteiger charge is -2.42. The van der Waals surface area contributed by atoms with E-state index >= 15 is 0 Å². The van der Waals surface area contributed by atoms with E-state index in [0.29, 0.717) is 11.4 Å². The summed E-state index contributed by atoms with van der Waals surface area (Å²) < 4.78 is 6.05. The monoisotopic (exact) mass is 501 g/mol. The molecule has 0 saturated heterocycles. The van der Waals surface area contributed by atoms with E-state index in [0.717, 1.165) is 45.1 Å². The summed E-state index contributed by atoms with van der Waals surface area (Å²) in [6, 6.07) is 26.5. The van der Waals surface area contributed by atoms with Gasteiger partial charge in [0.1, 0.15) is 22.8 Å². The zero-order valence-electron chi connectivity index (χ0n) is 22.4. The lowest BCUT2D eigenvalue weighted by atomic mass is 9.72. The minimum atomic E-state index is -0.303. The molecule has 2 aromatic heterocycles. The zero-order valence-corrected chi connectivity index (χ0v) is 22.4. The van der Waals surface area contributed by atoms with Gasteiger partial charge in [0.15, 0.2) is 0 Å². The number of benzene rings is 3. The van der Waals surface area contributed by atoms with Gasteiger partial charge < -0.3 is 9.84 Å². The average Bonchev–Trinajstić information content (AvgIpc) is 2.93. The van der Waals surface area contributed by atoms with E-state index in [9.17, 15) is 5.11 Å². The Morgan fingerprint density at radius 1 is 0.895 bits per heavy atom. The third kappa shape index (κ3) is 3.61. The second-order valence-corrected chi connectivity index (χ2v) is 10.7. The molecule has 0 fully saturated rings. The summed E-state index contributed by atoms with van der Waals surface area (Å²) in [6.07, 6.45) is 1.82. The molecule has 3 heterocycles.